The zero-order valence-electron chi connectivity index (χ0n) is 14.7. The Kier molecular flexibility index (Phi) is 4.44. The number of amides is 1. The minimum atomic E-state index is -0.253. The molecule has 2 N–H and O–H groups in total. The number of aromatic nitrogens is 2. The second kappa shape index (κ2) is 6.75. The molecule has 26 heavy (non-hydrogen) atoms. The van der Waals surface area contributed by atoms with Crippen LogP contribution in [0.1, 0.15) is 49.1 Å². The number of carbonyl (C=O) groups is 1. The molecule has 2 aromatic rings. The second-order valence-corrected chi connectivity index (χ2v) is 7.66. The molecule has 0 spiro atoms. The number of hydrogen-bond acceptors (Lipinski definition) is 5. The van der Waals surface area contributed by atoms with Gasteiger partial charge >= 0.3 is 0 Å². The van der Waals surface area contributed by atoms with Crippen LogP contribution in [0, 0.1) is 0 Å². The Labute approximate surface area is 155 Å². The van der Waals surface area contributed by atoms with Gasteiger partial charge in [-0.15, -0.1) is 11.8 Å². The average molecular weight is 375 g/mol. The number of nitrogens with one attached hydrogen (secondary N) is 2. The van der Waals surface area contributed by atoms with Crippen molar-refractivity contribution in [3.63, 3.8) is 0 Å². The highest BCUT2D eigenvalue weighted by molar-refractivity contribution is 8.00. The number of hydrogen-bond donors (Lipinski definition) is 2. The molecule has 2 atom stereocenters. The third-order valence-electron chi connectivity index (χ3n) is 4.71. The molecule has 2 unspecified atom stereocenters. The van der Waals surface area contributed by atoms with Gasteiger partial charge in [-0.3, -0.25) is 19.4 Å². The standard InChI is InChI=1S/C18H21N3O4S/c1-3-4-10(2)21-17-15(18(23)20-21)16(26-8-14(22)19-17)11-5-6-12-13(7-11)25-9-24-12/h5-7,10,16H,3-4,8-9H2,1-2H3,(H,19,22)(H,20,23). The van der Waals surface area contributed by atoms with E-state index in [1.807, 2.05) is 25.1 Å². The smallest absolute Gasteiger partial charge is 0.270 e. The SMILES string of the molecule is CCCC(C)n1[nH]c(=O)c2c1NC(=O)CSC2c1ccc2c(c1)OCO2. The number of fused-ring (bicyclic) bond motifs is 2. The molecule has 8 heteroatoms. The van der Waals surface area contributed by atoms with Gasteiger partial charge in [0.05, 0.1) is 16.6 Å². The maximum absolute atomic E-state index is 12.8. The van der Waals surface area contributed by atoms with E-state index in [1.165, 1.54) is 11.8 Å². The van der Waals surface area contributed by atoms with Gasteiger partial charge in [-0.2, -0.15) is 0 Å². The van der Waals surface area contributed by atoms with Crippen molar-refractivity contribution in [2.45, 2.75) is 38.0 Å². The summed E-state index contributed by atoms with van der Waals surface area (Å²) in [5, 5.41) is 5.58. The van der Waals surface area contributed by atoms with Gasteiger partial charge in [0.25, 0.3) is 5.56 Å². The Morgan fingerprint density at radius 2 is 2.12 bits per heavy atom. The van der Waals surface area contributed by atoms with Crippen LogP contribution >= 0.6 is 11.8 Å². The summed E-state index contributed by atoms with van der Waals surface area (Å²) in [5.74, 6) is 2.13. The lowest BCUT2D eigenvalue weighted by atomic mass is 10.1. The van der Waals surface area contributed by atoms with E-state index in [1.54, 1.807) is 4.68 Å². The zero-order valence-corrected chi connectivity index (χ0v) is 15.5. The average Bonchev–Trinajstić information content (AvgIpc) is 3.16. The Hall–Kier alpha value is -2.35. The van der Waals surface area contributed by atoms with Crippen LogP contribution in [-0.2, 0) is 4.79 Å². The van der Waals surface area contributed by atoms with Crippen LogP contribution in [0.15, 0.2) is 23.0 Å². The normalized spacial score (nSPS) is 19.6. The number of H-pyrrole nitrogens is 1. The number of aromatic amines is 1. The van der Waals surface area contributed by atoms with Gasteiger partial charge in [0, 0.05) is 6.04 Å². The molecule has 3 heterocycles. The molecule has 0 bridgehead atoms. The first-order chi connectivity index (χ1) is 12.6. The highest BCUT2D eigenvalue weighted by atomic mass is 32.2. The van der Waals surface area contributed by atoms with E-state index in [4.69, 9.17) is 9.47 Å². The molecule has 2 aliphatic rings. The predicted molar refractivity (Wildman–Crippen MR) is 100 cm³/mol. The van der Waals surface area contributed by atoms with Crippen LogP contribution in [0.3, 0.4) is 0 Å². The Morgan fingerprint density at radius 3 is 2.92 bits per heavy atom. The molecule has 7 nitrogen and oxygen atoms in total. The van der Waals surface area contributed by atoms with Gasteiger partial charge in [-0.25, -0.2) is 0 Å². The van der Waals surface area contributed by atoms with Gasteiger partial charge < -0.3 is 14.8 Å². The predicted octanol–water partition coefficient (Wildman–Crippen LogP) is 3.04. The van der Waals surface area contributed by atoms with Crippen molar-refractivity contribution in [3.8, 4) is 11.5 Å². The molecule has 0 radical (unpaired) electrons. The molecular weight excluding hydrogens is 354 g/mol. The van der Waals surface area contributed by atoms with Gasteiger partial charge in [-0.05, 0) is 31.0 Å². The number of nitrogens with zero attached hydrogens (tertiary/aromatic N) is 1. The van der Waals surface area contributed by atoms with E-state index >= 15 is 0 Å². The molecule has 0 saturated heterocycles. The van der Waals surface area contributed by atoms with Crippen LogP contribution in [0.2, 0.25) is 0 Å². The van der Waals surface area contributed by atoms with Crippen molar-refractivity contribution < 1.29 is 14.3 Å². The summed E-state index contributed by atoms with van der Waals surface area (Å²) in [6, 6.07) is 5.77. The molecule has 2 aliphatic heterocycles. The number of ether oxygens (including phenoxy) is 2. The van der Waals surface area contributed by atoms with E-state index in [2.05, 4.69) is 17.3 Å². The molecule has 138 valence electrons. The van der Waals surface area contributed by atoms with Crippen molar-refractivity contribution in [1.29, 1.82) is 0 Å². The number of thioether (sulfide) groups is 1. The minimum Gasteiger partial charge on any atom is -0.454 e. The molecule has 0 aliphatic carbocycles. The van der Waals surface area contributed by atoms with Crippen molar-refractivity contribution in [2.75, 3.05) is 17.9 Å². The molecule has 0 fully saturated rings. The third-order valence-corrected chi connectivity index (χ3v) is 5.98. The van der Waals surface area contributed by atoms with E-state index in [0.717, 1.165) is 18.4 Å². The summed E-state index contributed by atoms with van der Waals surface area (Å²) in [6.45, 7) is 4.34. The molecule has 0 saturated carbocycles. The first-order valence-corrected chi connectivity index (χ1v) is 9.78. The van der Waals surface area contributed by atoms with E-state index in [0.29, 0.717) is 22.9 Å². The minimum absolute atomic E-state index is 0.0947. The fourth-order valence-corrected chi connectivity index (χ4v) is 4.58. The van der Waals surface area contributed by atoms with Crippen LogP contribution < -0.4 is 20.3 Å². The number of anilines is 1. The summed E-state index contributed by atoms with van der Waals surface area (Å²) in [5.41, 5.74) is 1.34. The van der Waals surface area contributed by atoms with E-state index in [9.17, 15) is 9.59 Å². The summed E-state index contributed by atoms with van der Waals surface area (Å²) in [7, 11) is 0. The lowest BCUT2D eigenvalue weighted by Gasteiger charge is -2.17. The highest BCUT2D eigenvalue weighted by Crippen LogP contribution is 2.43. The molecule has 1 amide bonds. The topological polar surface area (TPSA) is 85.4 Å². The number of rotatable bonds is 4. The largest absolute Gasteiger partial charge is 0.454 e. The quantitative estimate of drug-likeness (QED) is 0.858. The zero-order chi connectivity index (χ0) is 18.3. The summed E-state index contributed by atoms with van der Waals surface area (Å²) in [6.07, 6.45) is 1.90. The highest BCUT2D eigenvalue weighted by Gasteiger charge is 2.32. The molecular formula is C18H21N3O4S. The van der Waals surface area contributed by atoms with Crippen molar-refractivity contribution in [3.05, 3.63) is 39.7 Å². The van der Waals surface area contributed by atoms with Gasteiger partial charge in [-0.1, -0.05) is 19.4 Å². The monoisotopic (exact) mass is 375 g/mol. The van der Waals surface area contributed by atoms with Crippen LogP contribution in [0.4, 0.5) is 5.82 Å². The van der Waals surface area contributed by atoms with Gasteiger partial charge in [0.15, 0.2) is 11.5 Å². The molecule has 1 aromatic carbocycles. The van der Waals surface area contributed by atoms with Crippen LogP contribution in [0.25, 0.3) is 0 Å². The molecule has 1 aromatic heterocycles. The second-order valence-electron chi connectivity index (χ2n) is 6.56. The van der Waals surface area contributed by atoms with E-state index in [-0.39, 0.29) is 35.3 Å². The fourth-order valence-electron chi connectivity index (χ4n) is 3.46. The first kappa shape index (κ1) is 17.1. The lowest BCUT2D eigenvalue weighted by Crippen LogP contribution is -2.18. The number of carbonyl (C=O) groups excluding carboxylic acids is 1. The maximum Gasteiger partial charge on any atom is 0.270 e. The maximum atomic E-state index is 12.8. The van der Waals surface area contributed by atoms with Crippen molar-refractivity contribution in [1.82, 2.24) is 9.78 Å². The first-order valence-electron chi connectivity index (χ1n) is 8.74. The number of benzene rings is 1. The third kappa shape index (κ3) is 2.88. The Balaban J connectivity index is 1.81. The Morgan fingerprint density at radius 1 is 1.31 bits per heavy atom. The van der Waals surface area contributed by atoms with Crippen LogP contribution in [-0.4, -0.2) is 28.2 Å². The summed E-state index contributed by atoms with van der Waals surface area (Å²) in [4.78, 5) is 25.0. The van der Waals surface area contributed by atoms with Crippen molar-refractivity contribution >= 4 is 23.5 Å². The van der Waals surface area contributed by atoms with Crippen molar-refractivity contribution in [2.24, 2.45) is 0 Å². The lowest BCUT2D eigenvalue weighted by molar-refractivity contribution is -0.113. The summed E-state index contributed by atoms with van der Waals surface area (Å²) < 4.78 is 12.6. The molecule has 4 rings (SSSR count). The van der Waals surface area contributed by atoms with E-state index < -0.39 is 0 Å². The van der Waals surface area contributed by atoms with Gasteiger partial charge in [0.1, 0.15) is 5.82 Å². The van der Waals surface area contributed by atoms with Crippen LogP contribution in [0.5, 0.6) is 11.5 Å². The summed E-state index contributed by atoms with van der Waals surface area (Å²) >= 11 is 1.44. The van der Waals surface area contributed by atoms with Gasteiger partial charge in [0.2, 0.25) is 12.7 Å². The fraction of sp³-hybridized carbons (Fsp3) is 0.444. The Bertz CT molecular complexity index is 904.